The zero-order chi connectivity index (χ0) is 11.4. The molecule has 0 radical (unpaired) electrons. The van der Waals surface area contributed by atoms with E-state index < -0.39 is 0 Å². The number of aromatic nitrogens is 2. The minimum atomic E-state index is 0.575. The minimum absolute atomic E-state index is 0.575. The van der Waals surface area contributed by atoms with Crippen LogP contribution >= 0.6 is 0 Å². The highest BCUT2D eigenvalue weighted by Crippen LogP contribution is 2.22. The van der Waals surface area contributed by atoms with E-state index in [1.54, 1.807) is 6.20 Å². The zero-order valence-corrected chi connectivity index (χ0v) is 9.72. The van der Waals surface area contributed by atoms with E-state index in [-0.39, 0.29) is 0 Å². The topological polar surface area (TPSA) is 25.8 Å². The Balaban J connectivity index is 2.36. The Morgan fingerprint density at radius 3 is 2.56 bits per heavy atom. The standard InChI is InChI=1S/C14H16N2/c1-3-11(2)12-7-9-16-14(10-12)13-6-4-5-8-15-13/h4-11H,3H2,1-2H3. The average Bonchev–Trinajstić information content (AvgIpc) is 2.39. The summed E-state index contributed by atoms with van der Waals surface area (Å²) in [6, 6.07) is 10.1. The second kappa shape index (κ2) is 4.88. The molecular formula is C14H16N2. The van der Waals surface area contributed by atoms with Crippen LogP contribution in [-0.2, 0) is 0 Å². The van der Waals surface area contributed by atoms with Gasteiger partial charge in [-0.05, 0) is 42.2 Å². The molecule has 0 spiro atoms. The van der Waals surface area contributed by atoms with E-state index in [1.807, 2.05) is 24.4 Å². The highest BCUT2D eigenvalue weighted by atomic mass is 14.8. The molecule has 0 aliphatic carbocycles. The summed E-state index contributed by atoms with van der Waals surface area (Å²) in [7, 11) is 0. The van der Waals surface area contributed by atoms with E-state index >= 15 is 0 Å². The molecule has 0 saturated heterocycles. The Labute approximate surface area is 96.4 Å². The van der Waals surface area contributed by atoms with Crippen molar-refractivity contribution in [3.8, 4) is 11.4 Å². The van der Waals surface area contributed by atoms with Crippen molar-refractivity contribution < 1.29 is 0 Å². The Bertz CT molecular complexity index is 451. The van der Waals surface area contributed by atoms with Crippen molar-refractivity contribution in [3.63, 3.8) is 0 Å². The molecule has 0 aliphatic rings. The maximum atomic E-state index is 4.36. The van der Waals surface area contributed by atoms with Gasteiger partial charge in [-0.15, -0.1) is 0 Å². The molecule has 0 amide bonds. The first-order valence-electron chi connectivity index (χ1n) is 5.68. The number of pyridine rings is 2. The lowest BCUT2D eigenvalue weighted by Gasteiger charge is -2.09. The largest absolute Gasteiger partial charge is 0.255 e. The van der Waals surface area contributed by atoms with Crippen LogP contribution in [0.5, 0.6) is 0 Å². The molecule has 0 aliphatic heterocycles. The monoisotopic (exact) mass is 212 g/mol. The fraction of sp³-hybridized carbons (Fsp3) is 0.286. The number of hydrogen-bond acceptors (Lipinski definition) is 2. The van der Waals surface area contributed by atoms with Gasteiger partial charge in [0.05, 0.1) is 11.4 Å². The molecule has 2 heteroatoms. The van der Waals surface area contributed by atoms with E-state index in [4.69, 9.17) is 0 Å². The predicted molar refractivity (Wildman–Crippen MR) is 66.2 cm³/mol. The van der Waals surface area contributed by atoms with Gasteiger partial charge in [0.25, 0.3) is 0 Å². The lowest BCUT2D eigenvalue weighted by atomic mass is 9.99. The maximum Gasteiger partial charge on any atom is 0.0888 e. The first-order chi connectivity index (χ1) is 7.81. The molecule has 2 aromatic rings. The van der Waals surface area contributed by atoms with Gasteiger partial charge < -0.3 is 0 Å². The second-order valence-electron chi connectivity index (χ2n) is 4.00. The van der Waals surface area contributed by atoms with E-state index in [0.29, 0.717) is 5.92 Å². The van der Waals surface area contributed by atoms with Crippen molar-refractivity contribution >= 4 is 0 Å². The summed E-state index contributed by atoms with van der Waals surface area (Å²) in [5.41, 5.74) is 3.23. The van der Waals surface area contributed by atoms with Gasteiger partial charge in [0.1, 0.15) is 0 Å². The minimum Gasteiger partial charge on any atom is -0.255 e. The quantitative estimate of drug-likeness (QED) is 0.776. The second-order valence-corrected chi connectivity index (χ2v) is 4.00. The smallest absolute Gasteiger partial charge is 0.0888 e. The summed E-state index contributed by atoms with van der Waals surface area (Å²) < 4.78 is 0. The van der Waals surface area contributed by atoms with Crippen molar-refractivity contribution in [2.75, 3.05) is 0 Å². The zero-order valence-electron chi connectivity index (χ0n) is 9.72. The summed E-state index contributed by atoms with van der Waals surface area (Å²) in [4.78, 5) is 8.68. The van der Waals surface area contributed by atoms with Crippen molar-refractivity contribution in [1.82, 2.24) is 9.97 Å². The first kappa shape index (κ1) is 10.8. The van der Waals surface area contributed by atoms with Crippen molar-refractivity contribution in [1.29, 1.82) is 0 Å². The Kier molecular flexibility index (Phi) is 3.30. The molecular weight excluding hydrogens is 196 g/mol. The van der Waals surface area contributed by atoms with Gasteiger partial charge in [-0.3, -0.25) is 9.97 Å². The van der Waals surface area contributed by atoms with Gasteiger partial charge in [-0.2, -0.15) is 0 Å². The maximum absolute atomic E-state index is 4.36. The Morgan fingerprint density at radius 1 is 1.06 bits per heavy atom. The molecule has 2 rings (SSSR count). The molecule has 1 atom stereocenters. The van der Waals surface area contributed by atoms with E-state index in [2.05, 4.69) is 35.9 Å². The van der Waals surface area contributed by atoms with Gasteiger partial charge >= 0.3 is 0 Å². The third-order valence-electron chi connectivity index (χ3n) is 2.89. The highest BCUT2D eigenvalue weighted by Gasteiger charge is 2.05. The lowest BCUT2D eigenvalue weighted by molar-refractivity contribution is 0.732. The van der Waals surface area contributed by atoms with E-state index in [1.165, 1.54) is 5.56 Å². The molecule has 2 nitrogen and oxygen atoms in total. The fourth-order valence-corrected chi connectivity index (χ4v) is 1.64. The molecule has 0 aromatic carbocycles. The normalized spacial score (nSPS) is 12.4. The van der Waals surface area contributed by atoms with Crippen LogP contribution in [0.3, 0.4) is 0 Å². The number of nitrogens with zero attached hydrogens (tertiary/aromatic N) is 2. The Hall–Kier alpha value is -1.70. The van der Waals surface area contributed by atoms with E-state index in [9.17, 15) is 0 Å². The molecule has 2 heterocycles. The summed E-state index contributed by atoms with van der Waals surface area (Å²) in [5.74, 6) is 0.575. The SMILES string of the molecule is CCC(C)c1ccnc(-c2ccccn2)c1. The van der Waals surface area contributed by atoms with Gasteiger partial charge in [-0.1, -0.05) is 19.9 Å². The van der Waals surface area contributed by atoms with Gasteiger partial charge in [0.2, 0.25) is 0 Å². The van der Waals surface area contributed by atoms with Crippen LogP contribution in [0.1, 0.15) is 31.7 Å². The van der Waals surface area contributed by atoms with Gasteiger partial charge in [0.15, 0.2) is 0 Å². The Morgan fingerprint density at radius 2 is 1.88 bits per heavy atom. The van der Waals surface area contributed by atoms with Crippen LogP contribution in [0.15, 0.2) is 42.7 Å². The summed E-state index contributed by atoms with van der Waals surface area (Å²) in [6.07, 6.45) is 4.81. The van der Waals surface area contributed by atoms with Crippen LogP contribution in [0, 0.1) is 0 Å². The average molecular weight is 212 g/mol. The van der Waals surface area contributed by atoms with Crippen LogP contribution in [0.2, 0.25) is 0 Å². The molecule has 16 heavy (non-hydrogen) atoms. The molecule has 1 unspecified atom stereocenters. The third kappa shape index (κ3) is 2.27. The number of rotatable bonds is 3. The molecule has 2 aromatic heterocycles. The third-order valence-corrected chi connectivity index (χ3v) is 2.89. The molecule has 0 saturated carbocycles. The number of hydrogen-bond donors (Lipinski definition) is 0. The van der Waals surface area contributed by atoms with Crippen molar-refractivity contribution in [2.45, 2.75) is 26.2 Å². The van der Waals surface area contributed by atoms with Crippen molar-refractivity contribution in [2.24, 2.45) is 0 Å². The predicted octanol–water partition coefficient (Wildman–Crippen LogP) is 3.66. The summed E-state index contributed by atoms with van der Waals surface area (Å²) >= 11 is 0. The summed E-state index contributed by atoms with van der Waals surface area (Å²) in [5, 5.41) is 0. The first-order valence-corrected chi connectivity index (χ1v) is 5.68. The molecule has 0 bridgehead atoms. The van der Waals surface area contributed by atoms with E-state index in [0.717, 1.165) is 17.8 Å². The van der Waals surface area contributed by atoms with Crippen LogP contribution < -0.4 is 0 Å². The highest BCUT2D eigenvalue weighted by molar-refractivity contribution is 5.54. The molecule has 0 N–H and O–H groups in total. The van der Waals surface area contributed by atoms with Crippen LogP contribution in [0.25, 0.3) is 11.4 Å². The molecule has 82 valence electrons. The van der Waals surface area contributed by atoms with Crippen molar-refractivity contribution in [3.05, 3.63) is 48.3 Å². The lowest BCUT2D eigenvalue weighted by Crippen LogP contribution is -1.94. The summed E-state index contributed by atoms with van der Waals surface area (Å²) in [6.45, 7) is 4.43. The van der Waals surface area contributed by atoms with Crippen LogP contribution in [0.4, 0.5) is 0 Å². The van der Waals surface area contributed by atoms with Crippen LogP contribution in [-0.4, -0.2) is 9.97 Å². The van der Waals surface area contributed by atoms with Gasteiger partial charge in [0, 0.05) is 12.4 Å². The fourth-order valence-electron chi connectivity index (χ4n) is 1.64. The van der Waals surface area contributed by atoms with Gasteiger partial charge in [-0.25, -0.2) is 0 Å². The molecule has 0 fully saturated rings.